The number of aliphatic imine (C=N–C) groups is 1. The Bertz CT molecular complexity index is 709. The van der Waals surface area contributed by atoms with Gasteiger partial charge in [-0.15, -0.1) is 24.0 Å². The number of aromatic nitrogens is 2. The van der Waals surface area contributed by atoms with E-state index in [4.69, 9.17) is 26.6 Å². The van der Waals surface area contributed by atoms with Gasteiger partial charge in [0, 0.05) is 23.7 Å². The Morgan fingerprint density at radius 1 is 1.50 bits per heavy atom. The summed E-state index contributed by atoms with van der Waals surface area (Å²) in [5.74, 6) is 1.35. The predicted octanol–water partition coefficient (Wildman–Crippen LogP) is 2.54. The summed E-state index contributed by atoms with van der Waals surface area (Å²) in [4.78, 5) is 10.6. The van der Waals surface area contributed by atoms with Gasteiger partial charge in [0.15, 0.2) is 5.96 Å². The molecule has 1 saturated heterocycles. The number of hydrogen-bond donors (Lipinski definition) is 1. The van der Waals surface area contributed by atoms with Gasteiger partial charge >= 0.3 is 0 Å². The summed E-state index contributed by atoms with van der Waals surface area (Å²) >= 11 is 5.96. The van der Waals surface area contributed by atoms with Crippen LogP contribution >= 0.6 is 35.6 Å². The first-order valence-corrected chi connectivity index (χ1v) is 7.74. The molecule has 0 amide bonds. The third-order valence-electron chi connectivity index (χ3n) is 3.49. The van der Waals surface area contributed by atoms with Crippen molar-refractivity contribution in [1.82, 2.24) is 15.0 Å². The lowest BCUT2D eigenvalue weighted by Crippen LogP contribution is -2.47. The molecule has 1 aliphatic heterocycles. The molecule has 1 atom stereocenters. The van der Waals surface area contributed by atoms with Crippen molar-refractivity contribution >= 4 is 41.5 Å². The van der Waals surface area contributed by atoms with E-state index in [9.17, 15) is 0 Å². The number of halogens is 2. The molecule has 130 valence electrons. The zero-order chi connectivity index (χ0) is 16.2. The van der Waals surface area contributed by atoms with Crippen LogP contribution in [0.5, 0.6) is 0 Å². The highest BCUT2D eigenvalue weighted by Gasteiger charge is 2.18. The summed E-state index contributed by atoms with van der Waals surface area (Å²) in [6.07, 6.45) is 0.148. The summed E-state index contributed by atoms with van der Waals surface area (Å²) in [6, 6.07) is 7.28. The van der Waals surface area contributed by atoms with E-state index in [2.05, 4.69) is 15.1 Å². The second-order valence-corrected chi connectivity index (χ2v) is 5.76. The molecule has 2 N–H and O–H groups in total. The average Bonchev–Trinajstić information content (AvgIpc) is 3.01. The minimum atomic E-state index is 0. The molecule has 0 bridgehead atoms. The van der Waals surface area contributed by atoms with Crippen LogP contribution in [0.3, 0.4) is 0 Å². The van der Waals surface area contributed by atoms with Crippen LogP contribution in [0.4, 0.5) is 0 Å². The van der Waals surface area contributed by atoms with E-state index in [-0.39, 0.29) is 36.6 Å². The number of ether oxygens (including phenoxy) is 1. The lowest BCUT2D eigenvalue weighted by molar-refractivity contribution is 0.00527. The fourth-order valence-corrected chi connectivity index (χ4v) is 2.53. The van der Waals surface area contributed by atoms with Crippen LogP contribution in [-0.2, 0) is 11.3 Å². The van der Waals surface area contributed by atoms with Crippen molar-refractivity contribution in [3.8, 4) is 11.4 Å². The minimum Gasteiger partial charge on any atom is -0.375 e. The van der Waals surface area contributed by atoms with Crippen molar-refractivity contribution in [2.24, 2.45) is 10.7 Å². The molecule has 24 heavy (non-hydrogen) atoms. The zero-order valence-electron chi connectivity index (χ0n) is 13.2. The lowest BCUT2D eigenvalue weighted by atomic mass is 10.2. The van der Waals surface area contributed by atoms with Crippen LogP contribution in [0.15, 0.2) is 33.8 Å². The van der Waals surface area contributed by atoms with E-state index in [1.807, 2.05) is 24.0 Å². The molecule has 3 rings (SSSR count). The van der Waals surface area contributed by atoms with Gasteiger partial charge in [0.2, 0.25) is 11.7 Å². The Balaban J connectivity index is 0.00000208. The molecule has 1 aliphatic rings. The molecule has 1 aromatic heterocycles. The molecule has 2 aromatic rings. The maximum atomic E-state index is 6.01. The highest BCUT2D eigenvalue weighted by atomic mass is 127. The van der Waals surface area contributed by atoms with Crippen LogP contribution in [0.2, 0.25) is 5.02 Å². The molecule has 7 nitrogen and oxygen atoms in total. The average molecular weight is 464 g/mol. The van der Waals surface area contributed by atoms with Crippen LogP contribution < -0.4 is 5.73 Å². The van der Waals surface area contributed by atoms with E-state index in [1.165, 1.54) is 0 Å². The smallest absolute Gasteiger partial charge is 0.248 e. The molecular formula is C15H19ClIN5O2. The predicted molar refractivity (Wildman–Crippen MR) is 102 cm³/mol. The monoisotopic (exact) mass is 463 g/mol. The molecule has 1 aromatic carbocycles. The maximum absolute atomic E-state index is 6.01. The molecule has 9 heteroatoms. The summed E-state index contributed by atoms with van der Waals surface area (Å²) in [5.41, 5.74) is 6.81. The minimum absolute atomic E-state index is 0. The van der Waals surface area contributed by atoms with Gasteiger partial charge in [-0.2, -0.15) is 4.98 Å². The molecule has 0 radical (unpaired) electrons. The van der Waals surface area contributed by atoms with Gasteiger partial charge in [-0.1, -0.05) is 28.9 Å². The fourth-order valence-electron chi connectivity index (χ4n) is 2.34. The summed E-state index contributed by atoms with van der Waals surface area (Å²) in [7, 11) is 0. The molecule has 2 heterocycles. The Labute approximate surface area is 162 Å². The molecule has 0 spiro atoms. The Hall–Kier alpha value is -1.39. The largest absolute Gasteiger partial charge is 0.375 e. The van der Waals surface area contributed by atoms with Crippen molar-refractivity contribution in [2.75, 3.05) is 19.7 Å². The maximum Gasteiger partial charge on any atom is 0.248 e. The highest BCUT2D eigenvalue weighted by molar-refractivity contribution is 14.0. The van der Waals surface area contributed by atoms with Gasteiger partial charge in [-0.25, -0.2) is 4.99 Å². The normalized spacial score (nSPS) is 18.3. The number of benzene rings is 1. The summed E-state index contributed by atoms with van der Waals surface area (Å²) in [5, 5.41) is 4.56. The van der Waals surface area contributed by atoms with E-state index in [0.717, 1.165) is 18.7 Å². The van der Waals surface area contributed by atoms with Gasteiger partial charge in [-0.3, -0.25) is 0 Å². The quantitative estimate of drug-likeness (QED) is 0.427. The molecular weight excluding hydrogens is 445 g/mol. The first-order valence-electron chi connectivity index (χ1n) is 7.37. The number of nitrogens with two attached hydrogens (primary N) is 1. The first-order chi connectivity index (χ1) is 11.1. The van der Waals surface area contributed by atoms with Crippen LogP contribution in [0.25, 0.3) is 11.4 Å². The molecule has 1 fully saturated rings. The van der Waals surface area contributed by atoms with Gasteiger partial charge in [0.05, 0.1) is 12.7 Å². The van der Waals surface area contributed by atoms with Gasteiger partial charge in [0.25, 0.3) is 0 Å². The van der Waals surface area contributed by atoms with Crippen molar-refractivity contribution in [1.29, 1.82) is 0 Å². The van der Waals surface area contributed by atoms with E-state index >= 15 is 0 Å². The van der Waals surface area contributed by atoms with E-state index in [1.54, 1.807) is 12.1 Å². The zero-order valence-corrected chi connectivity index (χ0v) is 16.3. The second kappa shape index (κ2) is 8.63. The van der Waals surface area contributed by atoms with E-state index in [0.29, 0.717) is 29.3 Å². The van der Waals surface area contributed by atoms with Gasteiger partial charge in [0.1, 0.15) is 6.54 Å². The van der Waals surface area contributed by atoms with E-state index < -0.39 is 0 Å². The van der Waals surface area contributed by atoms with Crippen molar-refractivity contribution in [2.45, 2.75) is 19.6 Å². The number of hydrogen-bond acceptors (Lipinski definition) is 5. The number of morpholine rings is 1. The van der Waals surface area contributed by atoms with Gasteiger partial charge in [-0.05, 0) is 19.1 Å². The van der Waals surface area contributed by atoms with Gasteiger partial charge < -0.3 is 19.9 Å². The standard InChI is InChI=1S/C15H18ClN5O2.HI/c1-10-9-21(5-6-22-10)15(17)18-8-13-19-14(20-23-13)11-3-2-4-12(16)7-11;/h2-4,7,10H,5-6,8-9H2,1H3,(H2,17,18);1H. The van der Waals surface area contributed by atoms with Crippen LogP contribution in [0.1, 0.15) is 12.8 Å². The van der Waals surface area contributed by atoms with Crippen molar-refractivity contribution in [3.63, 3.8) is 0 Å². The molecule has 0 aliphatic carbocycles. The number of rotatable bonds is 3. The fraction of sp³-hybridized carbons (Fsp3) is 0.400. The highest BCUT2D eigenvalue weighted by Crippen LogP contribution is 2.20. The second-order valence-electron chi connectivity index (χ2n) is 5.32. The molecule has 0 saturated carbocycles. The Kier molecular flexibility index (Phi) is 6.81. The Morgan fingerprint density at radius 2 is 2.33 bits per heavy atom. The van der Waals surface area contributed by atoms with Crippen molar-refractivity contribution in [3.05, 3.63) is 35.2 Å². The van der Waals surface area contributed by atoms with Crippen LogP contribution in [0, 0.1) is 0 Å². The number of guanidine groups is 1. The first kappa shape index (κ1) is 18.9. The van der Waals surface area contributed by atoms with Crippen LogP contribution in [-0.4, -0.2) is 46.8 Å². The lowest BCUT2D eigenvalue weighted by Gasteiger charge is -2.31. The topological polar surface area (TPSA) is 89.8 Å². The third kappa shape index (κ3) is 4.81. The van der Waals surface area contributed by atoms with Crippen molar-refractivity contribution < 1.29 is 9.26 Å². The summed E-state index contributed by atoms with van der Waals surface area (Å²) < 4.78 is 10.7. The molecule has 1 unspecified atom stereocenters. The summed E-state index contributed by atoms with van der Waals surface area (Å²) in [6.45, 7) is 4.36. The SMILES string of the molecule is CC1CN(C(N)=NCc2nc(-c3cccc(Cl)c3)no2)CCO1.I. The third-order valence-corrected chi connectivity index (χ3v) is 3.73. The Morgan fingerprint density at radius 3 is 3.08 bits per heavy atom. The number of nitrogens with zero attached hydrogens (tertiary/aromatic N) is 4.